The number of nitrogens with two attached hydrogens (primary N) is 1. The van der Waals surface area contributed by atoms with Crippen molar-refractivity contribution in [1.29, 1.82) is 0 Å². The SMILES string of the molecule is CCc1nc2cc(N)c(C(C)C)nc2o1. The number of rotatable bonds is 2. The molecular weight excluding hydrogens is 190 g/mol. The highest BCUT2D eigenvalue weighted by Crippen LogP contribution is 2.24. The lowest BCUT2D eigenvalue weighted by Gasteiger charge is -2.06. The van der Waals surface area contributed by atoms with Gasteiger partial charge in [0.2, 0.25) is 5.71 Å². The monoisotopic (exact) mass is 205 g/mol. The predicted molar refractivity (Wildman–Crippen MR) is 59.7 cm³/mol. The Hall–Kier alpha value is -1.58. The molecule has 0 amide bonds. The molecule has 0 aliphatic rings. The van der Waals surface area contributed by atoms with Crippen LogP contribution in [0.3, 0.4) is 0 Å². The number of hydrogen-bond acceptors (Lipinski definition) is 4. The molecule has 0 aliphatic carbocycles. The Bertz CT molecular complexity index is 488. The number of anilines is 1. The second-order valence-corrected chi connectivity index (χ2v) is 3.90. The highest BCUT2D eigenvalue weighted by atomic mass is 16.4. The first-order chi connectivity index (χ1) is 7.11. The van der Waals surface area contributed by atoms with Gasteiger partial charge >= 0.3 is 0 Å². The Labute approximate surface area is 88.5 Å². The molecule has 0 saturated carbocycles. The number of nitrogen functional groups attached to an aromatic ring is 1. The van der Waals surface area contributed by atoms with E-state index in [-0.39, 0.29) is 0 Å². The van der Waals surface area contributed by atoms with Crippen molar-refractivity contribution in [3.63, 3.8) is 0 Å². The first kappa shape index (κ1) is 9.96. The molecular formula is C11H15N3O. The largest absolute Gasteiger partial charge is 0.422 e. The summed E-state index contributed by atoms with van der Waals surface area (Å²) in [6, 6.07) is 1.83. The van der Waals surface area contributed by atoms with Crippen molar-refractivity contribution in [3.8, 4) is 0 Å². The molecule has 2 N–H and O–H groups in total. The number of fused-ring (bicyclic) bond motifs is 1. The van der Waals surface area contributed by atoms with E-state index >= 15 is 0 Å². The predicted octanol–water partition coefficient (Wildman–Crippen LogP) is 2.49. The molecule has 0 radical (unpaired) electrons. The van der Waals surface area contributed by atoms with E-state index in [1.807, 2.05) is 13.0 Å². The van der Waals surface area contributed by atoms with E-state index in [4.69, 9.17) is 10.2 Å². The number of aryl methyl sites for hydroxylation is 1. The van der Waals surface area contributed by atoms with Crippen LogP contribution in [0.4, 0.5) is 5.69 Å². The Balaban J connectivity index is 2.63. The Kier molecular flexibility index (Phi) is 2.34. The number of nitrogens with zero attached hydrogens (tertiary/aromatic N) is 2. The molecule has 2 aromatic heterocycles. The molecule has 2 heterocycles. The summed E-state index contributed by atoms with van der Waals surface area (Å²) in [5.74, 6) is 1.00. The van der Waals surface area contributed by atoms with Gasteiger partial charge in [-0.25, -0.2) is 9.97 Å². The van der Waals surface area contributed by atoms with Crippen LogP contribution in [-0.4, -0.2) is 9.97 Å². The van der Waals surface area contributed by atoms with Crippen molar-refractivity contribution >= 4 is 16.9 Å². The van der Waals surface area contributed by atoms with Gasteiger partial charge in [-0.15, -0.1) is 0 Å². The van der Waals surface area contributed by atoms with E-state index in [0.29, 0.717) is 23.2 Å². The van der Waals surface area contributed by atoms with Gasteiger partial charge in [0.25, 0.3) is 0 Å². The van der Waals surface area contributed by atoms with Crippen LogP contribution in [0.5, 0.6) is 0 Å². The quantitative estimate of drug-likeness (QED) is 0.818. The molecule has 2 rings (SSSR count). The minimum Gasteiger partial charge on any atom is -0.422 e. The van der Waals surface area contributed by atoms with Crippen LogP contribution in [-0.2, 0) is 6.42 Å². The Morgan fingerprint density at radius 3 is 2.73 bits per heavy atom. The summed E-state index contributed by atoms with van der Waals surface area (Å²) < 4.78 is 5.49. The fraction of sp³-hybridized carbons (Fsp3) is 0.455. The molecule has 2 aromatic rings. The maximum absolute atomic E-state index is 5.89. The van der Waals surface area contributed by atoms with Crippen LogP contribution in [0.1, 0.15) is 38.3 Å². The lowest BCUT2D eigenvalue weighted by Crippen LogP contribution is -1.99. The third-order valence-corrected chi connectivity index (χ3v) is 2.34. The van der Waals surface area contributed by atoms with Crippen LogP contribution in [0.25, 0.3) is 11.2 Å². The summed E-state index contributed by atoms with van der Waals surface area (Å²) in [6.07, 6.45) is 0.771. The standard InChI is InChI=1S/C11H15N3O/c1-4-9-13-8-5-7(12)10(6(2)3)14-11(8)15-9/h5-6H,4,12H2,1-3H3. The van der Waals surface area contributed by atoms with Crippen LogP contribution >= 0.6 is 0 Å². The average molecular weight is 205 g/mol. The first-order valence-corrected chi connectivity index (χ1v) is 5.17. The Morgan fingerprint density at radius 1 is 1.40 bits per heavy atom. The van der Waals surface area contributed by atoms with Gasteiger partial charge in [0.1, 0.15) is 5.52 Å². The minimum atomic E-state index is 0.296. The second kappa shape index (κ2) is 3.53. The van der Waals surface area contributed by atoms with Crippen molar-refractivity contribution in [3.05, 3.63) is 17.7 Å². The van der Waals surface area contributed by atoms with Crippen molar-refractivity contribution in [2.75, 3.05) is 5.73 Å². The summed E-state index contributed by atoms with van der Waals surface area (Å²) in [5.41, 5.74) is 8.79. The fourth-order valence-electron chi connectivity index (χ4n) is 1.55. The van der Waals surface area contributed by atoms with E-state index in [1.165, 1.54) is 0 Å². The molecule has 4 heteroatoms. The van der Waals surface area contributed by atoms with Gasteiger partial charge in [-0.05, 0) is 12.0 Å². The number of oxazole rings is 1. The summed E-state index contributed by atoms with van der Waals surface area (Å²) in [5, 5.41) is 0. The maximum atomic E-state index is 5.89. The van der Waals surface area contributed by atoms with Crippen LogP contribution in [0, 0.1) is 0 Å². The van der Waals surface area contributed by atoms with E-state index in [0.717, 1.165) is 17.6 Å². The highest BCUT2D eigenvalue weighted by Gasteiger charge is 2.12. The van der Waals surface area contributed by atoms with Crippen LogP contribution in [0.15, 0.2) is 10.5 Å². The molecule has 80 valence electrons. The summed E-state index contributed by atoms with van der Waals surface area (Å²) in [7, 11) is 0. The number of aromatic nitrogens is 2. The minimum absolute atomic E-state index is 0.296. The van der Waals surface area contributed by atoms with Gasteiger partial charge in [0.05, 0.1) is 11.4 Å². The van der Waals surface area contributed by atoms with Gasteiger partial charge in [-0.2, -0.15) is 0 Å². The molecule has 0 atom stereocenters. The third kappa shape index (κ3) is 1.67. The molecule has 0 unspecified atom stereocenters. The lowest BCUT2D eigenvalue weighted by atomic mass is 10.1. The van der Waals surface area contributed by atoms with Gasteiger partial charge in [0.15, 0.2) is 5.89 Å². The third-order valence-electron chi connectivity index (χ3n) is 2.34. The normalized spacial score (nSPS) is 11.5. The first-order valence-electron chi connectivity index (χ1n) is 5.17. The van der Waals surface area contributed by atoms with Gasteiger partial charge < -0.3 is 10.2 Å². The summed E-state index contributed by atoms with van der Waals surface area (Å²) >= 11 is 0. The summed E-state index contributed by atoms with van der Waals surface area (Å²) in [6.45, 7) is 6.11. The Morgan fingerprint density at radius 2 is 2.13 bits per heavy atom. The molecule has 0 aromatic carbocycles. The zero-order chi connectivity index (χ0) is 11.0. The number of pyridine rings is 1. The molecule has 4 nitrogen and oxygen atoms in total. The summed E-state index contributed by atoms with van der Waals surface area (Å²) in [4.78, 5) is 8.67. The van der Waals surface area contributed by atoms with Gasteiger partial charge in [-0.1, -0.05) is 20.8 Å². The fourth-order valence-corrected chi connectivity index (χ4v) is 1.55. The topological polar surface area (TPSA) is 64.9 Å². The zero-order valence-corrected chi connectivity index (χ0v) is 9.24. The molecule has 0 bridgehead atoms. The van der Waals surface area contributed by atoms with Crippen molar-refractivity contribution in [2.24, 2.45) is 0 Å². The maximum Gasteiger partial charge on any atom is 0.247 e. The average Bonchev–Trinajstić information content (AvgIpc) is 2.58. The van der Waals surface area contributed by atoms with E-state index in [2.05, 4.69) is 23.8 Å². The van der Waals surface area contributed by atoms with Crippen molar-refractivity contribution < 1.29 is 4.42 Å². The molecule has 0 aliphatic heterocycles. The van der Waals surface area contributed by atoms with Gasteiger partial charge in [0, 0.05) is 6.42 Å². The zero-order valence-electron chi connectivity index (χ0n) is 9.24. The van der Waals surface area contributed by atoms with Crippen molar-refractivity contribution in [2.45, 2.75) is 33.1 Å². The smallest absolute Gasteiger partial charge is 0.247 e. The lowest BCUT2D eigenvalue weighted by molar-refractivity contribution is 0.527. The second-order valence-electron chi connectivity index (χ2n) is 3.90. The number of hydrogen-bond donors (Lipinski definition) is 1. The molecule has 0 spiro atoms. The molecule has 15 heavy (non-hydrogen) atoms. The van der Waals surface area contributed by atoms with Gasteiger partial charge in [-0.3, -0.25) is 0 Å². The highest BCUT2D eigenvalue weighted by molar-refractivity contribution is 5.73. The van der Waals surface area contributed by atoms with Crippen LogP contribution < -0.4 is 5.73 Å². The van der Waals surface area contributed by atoms with Crippen LogP contribution in [0.2, 0.25) is 0 Å². The molecule has 0 saturated heterocycles. The van der Waals surface area contributed by atoms with Crippen molar-refractivity contribution in [1.82, 2.24) is 9.97 Å². The van der Waals surface area contributed by atoms with E-state index in [9.17, 15) is 0 Å². The molecule has 0 fully saturated rings. The van der Waals surface area contributed by atoms with E-state index in [1.54, 1.807) is 0 Å². The van der Waals surface area contributed by atoms with E-state index < -0.39 is 0 Å².